The number of hydrogen-bond donors (Lipinski definition) is 0. The highest BCUT2D eigenvalue weighted by Crippen LogP contribution is 2.26. The Bertz CT molecular complexity index is 741. The van der Waals surface area contributed by atoms with Crippen LogP contribution >= 0.6 is 11.3 Å². The summed E-state index contributed by atoms with van der Waals surface area (Å²) in [5.41, 5.74) is 1.83. The molecule has 1 heterocycles. The topological polar surface area (TPSA) is 26.3 Å². The van der Waals surface area contributed by atoms with Crippen LogP contribution in [0.5, 0.6) is 5.75 Å². The summed E-state index contributed by atoms with van der Waals surface area (Å²) in [5.74, 6) is 0.902. The molecule has 0 saturated heterocycles. The Hall–Kier alpha value is -2.13. The number of fused-ring (bicyclic) bond motifs is 1. The van der Waals surface area contributed by atoms with Gasteiger partial charge in [-0.1, -0.05) is 18.2 Å². The van der Waals surface area contributed by atoms with E-state index in [0.29, 0.717) is 6.42 Å². The number of carbonyl (C=O) groups excluding carboxylic acids is 1. The van der Waals surface area contributed by atoms with E-state index in [4.69, 9.17) is 4.74 Å². The van der Waals surface area contributed by atoms with Crippen molar-refractivity contribution in [1.82, 2.24) is 0 Å². The predicted octanol–water partition coefficient (Wildman–Crippen LogP) is 4.34. The Kier molecular flexibility index (Phi) is 3.52. The molecule has 0 aliphatic rings. The third-order valence-electron chi connectivity index (χ3n) is 3.32. The lowest BCUT2D eigenvalue weighted by molar-refractivity contribution is 0.0993. The summed E-state index contributed by atoms with van der Waals surface area (Å²) >= 11 is 1.68. The highest BCUT2D eigenvalue weighted by atomic mass is 32.1. The zero-order valence-corrected chi connectivity index (χ0v) is 11.9. The third kappa shape index (κ3) is 2.45. The molecule has 0 aliphatic heterocycles. The summed E-state index contributed by atoms with van der Waals surface area (Å²) in [6.45, 7) is 0. The maximum Gasteiger partial charge on any atom is 0.167 e. The van der Waals surface area contributed by atoms with Gasteiger partial charge in [-0.15, -0.1) is 11.3 Å². The molecule has 1 aromatic heterocycles. The molecule has 0 spiro atoms. The van der Waals surface area contributed by atoms with E-state index in [1.54, 1.807) is 18.4 Å². The predicted molar refractivity (Wildman–Crippen MR) is 82.9 cm³/mol. The molecule has 3 aromatic rings. The van der Waals surface area contributed by atoms with E-state index in [1.807, 2.05) is 36.4 Å². The number of Topliss-reactive ketones (excluding diaryl/α,β-unsaturated/α-hetero) is 1. The minimum atomic E-state index is 0.135. The number of thiophene rings is 1. The molecule has 0 bridgehead atoms. The van der Waals surface area contributed by atoms with Gasteiger partial charge in [-0.25, -0.2) is 0 Å². The summed E-state index contributed by atoms with van der Waals surface area (Å²) < 4.78 is 6.33. The largest absolute Gasteiger partial charge is 0.497 e. The molecule has 2 aromatic carbocycles. The number of ketones is 1. The lowest BCUT2D eigenvalue weighted by Crippen LogP contribution is -2.02. The first kappa shape index (κ1) is 12.9. The number of rotatable bonds is 4. The maximum atomic E-state index is 12.3. The molecule has 100 valence electrons. The molecule has 2 nitrogen and oxygen atoms in total. The SMILES string of the molecule is COc1ccc(C(=O)Cc2csc3ccccc23)cc1. The van der Waals surface area contributed by atoms with Gasteiger partial charge < -0.3 is 4.74 Å². The summed E-state index contributed by atoms with van der Waals surface area (Å²) in [6, 6.07) is 15.5. The molecule has 0 N–H and O–H groups in total. The number of ether oxygens (including phenoxy) is 1. The summed E-state index contributed by atoms with van der Waals surface area (Å²) in [6.07, 6.45) is 0.441. The Morgan fingerprint density at radius 3 is 2.60 bits per heavy atom. The number of benzene rings is 2. The van der Waals surface area contributed by atoms with E-state index in [2.05, 4.69) is 17.5 Å². The van der Waals surface area contributed by atoms with Crippen LogP contribution in [0.4, 0.5) is 0 Å². The Morgan fingerprint density at radius 1 is 1.10 bits per heavy atom. The Labute approximate surface area is 121 Å². The molecule has 0 radical (unpaired) electrons. The second-order valence-corrected chi connectivity index (χ2v) is 5.50. The van der Waals surface area contributed by atoms with Crippen molar-refractivity contribution in [3.63, 3.8) is 0 Å². The van der Waals surface area contributed by atoms with Crippen molar-refractivity contribution in [2.45, 2.75) is 6.42 Å². The van der Waals surface area contributed by atoms with E-state index < -0.39 is 0 Å². The molecule has 3 rings (SSSR count). The fourth-order valence-corrected chi connectivity index (χ4v) is 3.18. The van der Waals surface area contributed by atoms with Crippen LogP contribution < -0.4 is 4.74 Å². The van der Waals surface area contributed by atoms with Crippen LogP contribution in [0.1, 0.15) is 15.9 Å². The van der Waals surface area contributed by atoms with Gasteiger partial charge in [-0.2, -0.15) is 0 Å². The highest BCUT2D eigenvalue weighted by Gasteiger charge is 2.10. The number of carbonyl (C=O) groups is 1. The molecule has 3 heteroatoms. The van der Waals surface area contributed by atoms with Crippen LogP contribution in [0.25, 0.3) is 10.1 Å². The molecule has 0 amide bonds. The van der Waals surface area contributed by atoms with Gasteiger partial charge in [-0.05, 0) is 46.7 Å². The fourth-order valence-electron chi connectivity index (χ4n) is 2.22. The van der Waals surface area contributed by atoms with Gasteiger partial charge in [0, 0.05) is 16.7 Å². The zero-order valence-electron chi connectivity index (χ0n) is 11.1. The van der Waals surface area contributed by atoms with Crippen molar-refractivity contribution in [1.29, 1.82) is 0 Å². The smallest absolute Gasteiger partial charge is 0.167 e. The molecule has 0 aliphatic carbocycles. The van der Waals surface area contributed by atoms with Crippen molar-refractivity contribution < 1.29 is 9.53 Å². The summed E-state index contributed by atoms with van der Waals surface area (Å²) in [4.78, 5) is 12.3. The van der Waals surface area contributed by atoms with Crippen molar-refractivity contribution >= 4 is 27.2 Å². The molecule has 20 heavy (non-hydrogen) atoms. The van der Waals surface area contributed by atoms with Crippen molar-refractivity contribution in [2.75, 3.05) is 7.11 Å². The average Bonchev–Trinajstić information content (AvgIpc) is 2.91. The monoisotopic (exact) mass is 282 g/mol. The van der Waals surface area contributed by atoms with Crippen LogP contribution in [-0.2, 0) is 6.42 Å². The minimum absolute atomic E-state index is 0.135. The minimum Gasteiger partial charge on any atom is -0.497 e. The van der Waals surface area contributed by atoms with E-state index in [0.717, 1.165) is 16.9 Å². The van der Waals surface area contributed by atoms with Crippen molar-refractivity contribution in [3.8, 4) is 5.75 Å². The van der Waals surface area contributed by atoms with E-state index in [9.17, 15) is 4.79 Å². The van der Waals surface area contributed by atoms with Crippen molar-refractivity contribution in [3.05, 3.63) is 65.0 Å². The average molecular weight is 282 g/mol. The van der Waals surface area contributed by atoms with Gasteiger partial charge in [0.2, 0.25) is 0 Å². The summed E-state index contributed by atoms with van der Waals surface area (Å²) in [5, 5.41) is 3.26. The quantitative estimate of drug-likeness (QED) is 0.666. The molecule has 0 saturated carbocycles. The first-order valence-corrected chi connectivity index (χ1v) is 7.28. The van der Waals surface area contributed by atoms with Gasteiger partial charge in [0.05, 0.1) is 7.11 Å². The van der Waals surface area contributed by atoms with Gasteiger partial charge >= 0.3 is 0 Å². The van der Waals surface area contributed by atoms with Crippen molar-refractivity contribution in [2.24, 2.45) is 0 Å². The fraction of sp³-hybridized carbons (Fsp3) is 0.118. The number of hydrogen-bond acceptors (Lipinski definition) is 3. The van der Waals surface area contributed by atoms with Gasteiger partial charge in [0.25, 0.3) is 0 Å². The van der Waals surface area contributed by atoms with E-state index in [-0.39, 0.29) is 5.78 Å². The van der Waals surface area contributed by atoms with Gasteiger partial charge in [0.15, 0.2) is 5.78 Å². The first-order chi connectivity index (χ1) is 9.78. The van der Waals surface area contributed by atoms with Crippen LogP contribution in [-0.4, -0.2) is 12.9 Å². The van der Waals surface area contributed by atoms with Crippen LogP contribution in [0.3, 0.4) is 0 Å². The normalized spacial score (nSPS) is 10.7. The lowest BCUT2D eigenvalue weighted by atomic mass is 10.0. The van der Waals surface area contributed by atoms with E-state index >= 15 is 0 Å². The van der Waals surface area contributed by atoms with Gasteiger partial charge in [0.1, 0.15) is 5.75 Å². The third-order valence-corrected chi connectivity index (χ3v) is 4.34. The Balaban J connectivity index is 1.84. The second-order valence-electron chi connectivity index (χ2n) is 4.59. The lowest BCUT2D eigenvalue weighted by Gasteiger charge is -2.03. The number of methoxy groups -OCH3 is 1. The molecule has 0 unspecified atom stereocenters. The molecule has 0 fully saturated rings. The van der Waals surface area contributed by atoms with Crippen LogP contribution in [0, 0.1) is 0 Å². The molecular formula is C17H14O2S. The highest BCUT2D eigenvalue weighted by molar-refractivity contribution is 7.17. The van der Waals surface area contributed by atoms with Crippen LogP contribution in [0.2, 0.25) is 0 Å². The maximum absolute atomic E-state index is 12.3. The van der Waals surface area contributed by atoms with Crippen LogP contribution in [0.15, 0.2) is 53.9 Å². The molecular weight excluding hydrogens is 268 g/mol. The second kappa shape index (κ2) is 5.47. The van der Waals surface area contributed by atoms with Gasteiger partial charge in [-0.3, -0.25) is 4.79 Å². The zero-order chi connectivity index (χ0) is 13.9. The standard InChI is InChI=1S/C17H14O2S/c1-19-14-8-6-12(7-9-14)16(18)10-13-11-20-17-5-3-2-4-15(13)17/h2-9,11H,10H2,1H3. The summed E-state index contributed by atoms with van der Waals surface area (Å²) in [7, 11) is 1.62. The Morgan fingerprint density at radius 2 is 1.85 bits per heavy atom. The molecule has 0 atom stereocenters. The van der Waals surface area contributed by atoms with E-state index in [1.165, 1.54) is 10.1 Å². The first-order valence-electron chi connectivity index (χ1n) is 6.40.